The van der Waals surface area contributed by atoms with Crippen LogP contribution >= 0.6 is 0 Å². The molecule has 0 aliphatic carbocycles. The number of ketones is 1. The van der Waals surface area contributed by atoms with Crippen molar-refractivity contribution in [2.75, 3.05) is 6.54 Å². The lowest BCUT2D eigenvalue weighted by atomic mass is 9.98. The van der Waals surface area contributed by atoms with Crippen molar-refractivity contribution < 1.29 is 9.59 Å². The Hall–Kier alpha value is -2.33. The van der Waals surface area contributed by atoms with Crippen molar-refractivity contribution in [3.05, 3.63) is 39.8 Å². The van der Waals surface area contributed by atoms with E-state index >= 15 is 0 Å². The predicted octanol–water partition coefficient (Wildman–Crippen LogP) is 1.55. The normalized spacial score (nSPS) is 13.9. The van der Waals surface area contributed by atoms with E-state index in [0.717, 1.165) is 0 Å². The fraction of sp³-hybridized carbons (Fsp3) is 0.111. The molecule has 1 aliphatic heterocycles. The molecule has 0 atom stereocenters. The second-order valence-corrected chi connectivity index (χ2v) is 2.99. The van der Waals surface area contributed by atoms with Gasteiger partial charge in [-0.05, 0) is 5.53 Å². The first kappa shape index (κ1) is 9.23. The van der Waals surface area contributed by atoms with Crippen LogP contribution in [0.3, 0.4) is 0 Å². The Morgan fingerprint density at radius 3 is 2.93 bits per heavy atom. The van der Waals surface area contributed by atoms with Gasteiger partial charge in [0.05, 0.1) is 17.8 Å². The van der Waals surface area contributed by atoms with Gasteiger partial charge in [-0.2, -0.15) is 0 Å². The van der Waals surface area contributed by atoms with Crippen molar-refractivity contribution in [1.82, 2.24) is 5.32 Å². The van der Waals surface area contributed by atoms with Gasteiger partial charge in [0.15, 0.2) is 5.78 Å². The molecule has 74 valence electrons. The van der Waals surface area contributed by atoms with Crippen LogP contribution in [0.5, 0.6) is 0 Å². The van der Waals surface area contributed by atoms with Gasteiger partial charge in [0.1, 0.15) is 0 Å². The molecular formula is C9H6N4O2. The largest absolute Gasteiger partial charge is 0.345 e. The van der Waals surface area contributed by atoms with Crippen LogP contribution < -0.4 is 5.32 Å². The number of nitrogens with zero attached hydrogens (tertiary/aromatic N) is 3. The van der Waals surface area contributed by atoms with Gasteiger partial charge >= 0.3 is 0 Å². The van der Waals surface area contributed by atoms with Crippen molar-refractivity contribution >= 4 is 17.4 Å². The highest BCUT2D eigenvalue weighted by atomic mass is 16.2. The summed E-state index contributed by atoms with van der Waals surface area (Å²) in [4.78, 5) is 25.5. The van der Waals surface area contributed by atoms with Crippen LogP contribution in [-0.2, 0) is 0 Å². The van der Waals surface area contributed by atoms with E-state index < -0.39 is 0 Å². The van der Waals surface area contributed by atoms with E-state index in [9.17, 15) is 9.59 Å². The third-order valence-corrected chi connectivity index (χ3v) is 2.13. The van der Waals surface area contributed by atoms with Crippen LogP contribution in [0.15, 0.2) is 23.3 Å². The number of nitrogens with one attached hydrogen (secondary N) is 1. The van der Waals surface area contributed by atoms with Crippen LogP contribution in [0.25, 0.3) is 10.4 Å². The SMILES string of the molecule is [N-]=[N+]=Nc1cccc2c1C(=O)NCC2=O. The topological polar surface area (TPSA) is 94.9 Å². The summed E-state index contributed by atoms with van der Waals surface area (Å²) in [5.74, 6) is -0.563. The van der Waals surface area contributed by atoms with E-state index in [-0.39, 0.29) is 29.5 Å². The summed E-state index contributed by atoms with van der Waals surface area (Å²) in [5, 5.41) is 5.79. The summed E-state index contributed by atoms with van der Waals surface area (Å²) < 4.78 is 0. The van der Waals surface area contributed by atoms with Gasteiger partial charge in [0.2, 0.25) is 0 Å². The first-order valence-electron chi connectivity index (χ1n) is 4.23. The average molecular weight is 202 g/mol. The number of hydrogen-bond acceptors (Lipinski definition) is 3. The number of carbonyl (C=O) groups excluding carboxylic acids is 2. The molecule has 0 unspecified atom stereocenters. The minimum absolute atomic E-state index is 0.00838. The van der Waals surface area contributed by atoms with E-state index in [0.29, 0.717) is 5.56 Å². The van der Waals surface area contributed by atoms with Crippen LogP contribution in [0.4, 0.5) is 5.69 Å². The highest BCUT2D eigenvalue weighted by Crippen LogP contribution is 2.25. The zero-order valence-corrected chi connectivity index (χ0v) is 7.60. The minimum Gasteiger partial charge on any atom is -0.345 e. The monoisotopic (exact) mass is 202 g/mol. The smallest absolute Gasteiger partial charge is 0.252 e. The fourth-order valence-electron chi connectivity index (χ4n) is 1.49. The summed E-state index contributed by atoms with van der Waals surface area (Å²) in [6, 6.07) is 4.63. The maximum absolute atomic E-state index is 11.5. The number of fused-ring (bicyclic) bond motifs is 1. The molecule has 1 aromatic carbocycles. The molecule has 0 saturated carbocycles. The first-order chi connectivity index (χ1) is 7.24. The Morgan fingerprint density at radius 2 is 2.20 bits per heavy atom. The fourth-order valence-corrected chi connectivity index (χ4v) is 1.49. The summed E-state index contributed by atoms with van der Waals surface area (Å²) in [6.07, 6.45) is 0. The summed E-state index contributed by atoms with van der Waals surface area (Å²) in [5.41, 5.74) is 8.96. The molecule has 0 bridgehead atoms. The maximum Gasteiger partial charge on any atom is 0.252 e. The van der Waals surface area contributed by atoms with Crippen LogP contribution in [0.2, 0.25) is 0 Å². The lowest BCUT2D eigenvalue weighted by Crippen LogP contribution is -2.36. The van der Waals surface area contributed by atoms with Gasteiger partial charge in [-0.1, -0.05) is 23.3 Å². The van der Waals surface area contributed by atoms with E-state index in [1.165, 1.54) is 6.07 Å². The molecule has 15 heavy (non-hydrogen) atoms. The highest BCUT2D eigenvalue weighted by molar-refractivity contribution is 6.16. The summed E-state index contributed by atoms with van der Waals surface area (Å²) in [6.45, 7) is -0.00838. The minimum atomic E-state index is -0.382. The highest BCUT2D eigenvalue weighted by Gasteiger charge is 2.24. The Morgan fingerprint density at radius 1 is 1.40 bits per heavy atom. The van der Waals surface area contributed by atoms with Gasteiger partial charge in [-0.3, -0.25) is 9.59 Å². The third-order valence-electron chi connectivity index (χ3n) is 2.13. The van der Waals surface area contributed by atoms with Crippen molar-refractivity contribution in [2.24, 2.45) is 5.11 Å². The number of benzene rings is 1. The Bertz CT molecular complexity index is 489. The molecule has 0 saturated heterocycles. The van der Waals surface area contributed by atoms with Crippen molar-refractivity contribution in [3.8, 4) is 0 Å². The zero-order valence-electron chi connectivity index (χ0n) is 7.60. The predicted molar refractivity (Wildman–Crippen MR) is 51.9 cm³/mol. The molecule has 0 aromatic heterocycles. The Labute approximate surface area is 84.5 Å². The molecule has 1 aliphatic rings. The Kier molecular flexibility index (Phi) is 2.11. The molecule has 1 N–H and O–H groups in total. The van der Waals surface area contributed by atoms with Gasteiger partial charge in [0, 0.05) is 10.5 Å². The average Bonchev–Trinajstić information content (AvgIpc) is 2.24. The molecule has 2 rings (SSSR count). The second-order valence-electron chi connectivity index (χ2n) is 2.99. The quantitative estimate of drug-likeness (QED) is 0.424. The lowest BCUT2D eigenvalue weighted by molar-refractivity contribution is 0.0878. The lowest BCUT2D eigenvalue weighted by Gasteiger charge is -2.16. The standard InChI is InChI=1S/C9H6N4O2/c10-13-12-6-3-1-2-5-7(14)4-11-9(15)8(5)6/h1-3H,4H2,(H,11,15). The third kappa shape index (κ3) is 1.43. The van der Waals surface area contributed by atoms with Crippen molar-refractivity contribution in [3.63, 3.8) is 0 Å². The molecule has 0 spiro atoms. The van der Waals surface area contributed by atoms with Gasteiger partial charge in [-0.15, -0.1) is 0 Å². The second kappa shape index (κ2) is 3.43. The molecule has 0 radical (unpaired) electrons. The maximum atomic E-state index is 11.5. The van der Waals surface area contributed by atoms with Gasteiger partial charge in [-0.25, -0.2) is 0 Å². The molecule has 6 nitrogen and oxygen atoms in total. The molecule has 1 heterocycles. The molecule has 1 amide bonds. The van der Waals surface area contributed by atoms with E-state index in [1.54, 1.807) is 12.1 Å². The number of azide groups is 1. The number of rotatable bonds is 1. The molecular weight excluding hydrogens is 196 g/mol. The first-order valence-corrected chi connectivity index (χ1v) is 4.23. The molecule has 6 heteroatoms. The van der Waals surface area contributed by atoms with Crippen molar-refractivity contribution in [1.29, 1.82) is 0 Å². The number of carbonyl (C=O) groups is 2. The van der Waals surface area contributed by atoms with E-state index in [2.05, 4.69) is 15.3 Å². The number of amides is 1. The van der Waals surface area contributed by atoms with Crippen molar-refractivity contribution in [2.45, 2.75) is 0 Å². The van der Waals surface area contributed by atoms with Gasteiger partial charge in [0.25, 0.3) is 5.91 Å². The van der Waals surface area contributed by atoms with Crippen LogP contribution in [0, 0.1) is 0 Å². The summed E-state index contributed by atoms with van der Waals surface area (Å²) in [7, 11) is 0. The molecule has 0 fully saturated rings. The zero-order chi connectivity index (χ0) is 10.8. The van der Waals surface area contributed by atoms with Crippen LogP contribution in [0.1, 0.15) is 20.7 Å². The number of hydrogen-bond donors (Lipinski definition) is 1. The van der Waals surface area contributed by atoms with E-state index in [4.69, 9.17) is 5.53 Å². The van der Waals surface area contributed by atoms with Crippen LogP contribution in [-0.4, -0.2) is 18.2 Å². The van der Waals surface area contributed by atoms with Gasteiger partial charge < -0.3 is 5.32 Å². The summed E-state index contributed by atoms with van der Waals surface area (Å²) >= 11 is 0. The Balaban J connectivity index is 2.71. The number of Topliss-reactive ketones (excluding diaryl/α,β-unsaturated/α-hetero) is 1. The van der Waals surface area contributed by atoms with E-state index in [1.807, 2.05) is 0 Å². The molecule has 1 aromatic rings.